The Bertz CT molecular complexity index is 1200. The number of hydrogen-bond acceptors (Lipinski definition) is 3. The molecule has 0 aromatic heterocycles. The van der Waals surface area contributed by atoms with Gasteiger partial charge >= 0.3 is 0 Å². The van der Waals surface area contributed by atoms with E-state index in [4.69, 9.17) is 39.5 Å². The Kier molecular flexibility index (Phi) is 11.1. The topological polar surface area (TPSA) is 58.6 Å². The molecule has 0 unspecified atom stereocenters. The van der Waals surface area contributed by atoms with E-state index >= 15 is 0 Å². The van der Waals surface area contributed by atoms with Crippen molar-refractivity contribution in [3.05, 3.63) is 97.4 Å². The fourth-order valence-corrected chi connectivity index (χ4v) is 4.96. The first-order chi connectivity index (χ1) is 17.7. The number of nitrogens with one attached hydrogen (secondary N) is 1. The number of amides is 2. The number of nitrogens with zero attached hydrogens (tertiary/aromatic N) is 1. The van der Waals surface area contributed by atoms with Crippen LogP contribution in [0.5, 0.6) is 5.75 Å². The van der Waals surface area contributed by atoms with Crippen LogP contribution < -0.4 is 10.1 Å². The molecule has 3 aromatic carbocycles. The first kappa shape index (κ1) is 29.3. The highest BCUT2D eigenvalue weighted by atomic mass is 79.9. The van der Waals surface area contributed by atoms with Crippen LogP contribution in [0.15, 0.2) is 71.2 Å². The summed E-state index contributed by atoms with van der Waals surface area (Å²) in [6, 6.07) is 18.9. The molecule has 0 aliphatic heterocycles. The van der Waals surface area contributed by atoms with E-state index in [2.05, 4.69) is 21.2 Å². The first-order valence-corrected chi connectivity index (χ1v) is 13.7. The van der Waals surface area contributed by atoms with Crippen LogP contribution in [0, 0.1) is 5.92 Å². The number of halogens is 4. The zero-order valence-electron chi connectivity index (χ0n) is 20.5. The Balaban J connectivity index is 1.96. The van der Waals surface area contributed by atoms with Crippen LogP contribution in [-0.2, 0) is 22.6 Å². The molecule has 37 heavy (non-hydrogen) atoms. The smallest absolute Gasteiger partial charge is 0.261 e. The van der Waals surface area contributed by atoms with Crippen LogP contribution in [-0.4, -0.2) is 35.9 Å². The third-order valence-electron chi connectivity index (χ3n) is 5.59. The molecule has 3 aromatic rings. The second-order valence-corrected chi connectivity index (χ2v) is 11.0. The number of rotatable bonds is 11. The summed E-state index contributed by atoms with van der Waals surface area (Å²) in [6.45, 7) is 4.24. The van der Waals surface area contributed by atoms with E-state index in [9.17, 15) is 9.59 Å². The van der Waals surface area contributed by atoms with Gasteiger partial charge in [0.15, 0.2) is 6.61 Å². The van der Waals surface area contributed by atoms with Crippen LogP contribution in [0.1, 0.15) is 25.0 Å². The first-order valence-electron chi connectivity index (χ1n) is 11.8. The van der Waals surface area contributed by atoms with Crippen molar-refractivity contribution in [1.82, 2.24) is 10.2 Å². The van der Waals surface area contributed by atoms with E-state index in [-0.39, 0.29) is 25.0 Å². The third-order valence-corrected chi connectivity index (χ3v) is 7.15. The Hall–Kier alpha value is -2.25. The van der Waals surface area contributed by atoms with Crippen LogP contribution in [0.25, 0.3) is 0 Å². The highest BCUT2D eigenvalue weighted by Gasteiger charge is 2.31. The molecule has 0 radical (unpaired) electrons. The standard InChI is InChI=1S/C28H28BrCl3N2O3/c1-18(2)15-33-28(36)25(13-19-7-4-3-5-8-19)34(16-21-23(31)9-6-10-24(21)32)27(35)17-37-26-12-11-20(30)14-22(26)29/h3-12,14,18,25H,13,15-17H2,1-2H3,(H,33,36)/t25-/m1/s1. The van der Waals surface area contributed by atoms with Crippen LogP contribution >= 0.6 is 50.7 Å². The molecule has 196 valence electrons. The molecule has 3 rings (SSSR count). The van der Waals surface area contributed by atoms with Crippen molar-refractivity contribution in [3.63, 3.8) is 0 Å². The predicted molar refractivity (Wildman–Crippen MR) is 153 cm³/mol. The molecule has 1 atom stereocenters. The lowest BCUT2D eigenvalue weighted by Gasteiger charge is -2.32. The van der Waals surface area contributed by atoms with Crippen LogP contribution in [0.2, 0.25) is 15.1 Å². The molecule has 0 spiro atoms. The van der Waals surface area contributed by atoms with Gasteiger partial charge in [-0.3, -0.25) is 9.59 Å². The minimum Gasteiger partial charge on any atom is -0.483 e. The minimum absolute atomic E-state index is 0.0368. The van der Waals surface area contributed by atoms with Crippen molar-refractivity contribution in [2.24, 2.45) is 5.92 Å². The highest BCUT2D eigenvalue weighted by Crippen LogP contribution is 2.29. The Labute approximate surface area is 241 Å². The van der Waals surface area contributed by atoms with Crippen molar-refractivity contribution < 1.29 is 14.3 Å². The highest BCUT2D eigenvalue weighted by molar-refractivity contribution is 9.10. The number of benzene rings is 3. The van der Waals surface area contributed by atoms with E-state index < -0.39 is 11.9 Å². The molecule has 0 aliphatic rings. The zero-order valence-corrected chi connectivity index (χ0v) is 24.4. The second kappa shape index (κ2) is 14.1. The summed E-state index contributed by atoms with van der Waals surface area (Å²) in [6.07, 6.45) is 0.309. The normalized spacial score (nSPS) is 11.8. The summed E-state index contributed by atoms with van der Waals surface area (Å²) in [5.41, 5.74) is 1.47. The largest absolute Gasteiger partial charge is 0.483 e. The summed E-state index contributed by atoms with van der Waals surface area (Å²) in [7, 11) is 0. The molecule has 1 N–H and O–H groups in total. The van der Waals surface area contributed by atoms with E-state index in [1.165, 1.54) is 4.90 Å². The molecule has 2 amide bonds. The van der Waals surface area contributed by atoms with Gasteiger partial charge in [-0.05, 0) is 57.7 Å². The average molecular weight is 627 g/mol. The molecule has 5 nitrogen and oxygen atoms in total. The number of hydrogen-bond donors (Lipinski definition) is 1. The van der Waals surface area contributed by atoms with Crippen LogP contribution in [0.4, 0.5) is 0 Å². The lowest BCUT2D eigenvalue weighted by Crippen LogP contribution is -2.52. The maximum Gasteiger partial charge on any atom is 0.261 e. The van der Waals surface area contributed by atoms with Gasteiger partial charge < -0.3 is 15.0 Å². The van der Waals surface area contributed by atoms with E-state index in [1.807, 2.05) is 44.2 Å². The monoisotopic (exact) mass is 624 g/mol. The number of ether oxygens (including phenoxy) is 1. The molecule has 0 saturated heterocycles. The van der Waals surface area contributed by atoms with Crippen LogP contribution in [0.3, 0.4) is 0 Å². The van der Waals surface area contributed by atoms with Crippen molar-refractivity contribution in [2.45, 2.75) is 32.9 Å². The quantitative estimate of drug-likeness (QED) is 0.245. The Morgan fingerprint density at radius 2 is 1.65 bits per heavy atom. The zero-order chi connectivity index (χ0) is 26.9. The van der Waals surface area contributed by atoms with E-state index in [0.29, 0.717) is 43.8 Å². The van der Waals surface area contributed by atoms with E-state index in [1.54, 1.807) is 36.4 Å². The summed E-state index contributed by atoms with van der Waals surface area (Å²) >= 11 is 22.4. The van der Waals surface area contributed by atoms with Gasteiger partial charge in [0.1, 0.15) is 11.8 Å². The predicted octanol–water partition coefficient (Wildman–Crippen LogP) is 7.20. The van der Waals surface area contributed by atoms with Crippen molar-refractivity contribution in [1.29, 1.82) is 0 Å². The Morgan fingerprint density at radius 3 is 2.27 bits per heavy atom. The summed E-state index contributed by atoms with van der Waals surface area (Å²) in [5, 5.41) is 4.33. The van der Waals surface area contributed by atoms with Gasteiger partial charge in [-0.25, -0.2) is 0 Å². The van der Waals surface area contributed by atoms with Gasteiger partial charge in [0.05, 0.1) is 4.47 Å². The van der Waals surface area contributed by atoms with Gasteiger partial charge in [0.2, 0.25) is 5.91 Å². The van der Waals surface area contributed by atoms with Gasteiger partial charge in [0.25, 0.3) is 5.91 Å². The minimum atomic E-state index is -0.821. The molecule has 0 bridgehead atoms. The molecule has 0 saturated carbocycles. The fourth-order valence-electron chi connectivity index (χ4n) is 3.64. The van der Waals surface area contributed by atoms with Gasteiger partial charge in [0, 0.05) is 40.1 Å². The summed E-state index contributed by atoms with van der Waals surface area (Å²) < 4.78 is 6.43. The Morgan fingerprint density at radius 1 is 0.973 bits per heavy atom. The van der Waals surface area contributed by atoms with Gasteiger partial charge in [-0.1, -0.05) is 85.0 Å². The number of carbonyl (C=O) groups excluding carboxylic acids is 2. The average Bonchev–Trinajstić information content (AvgIpc) is 2.86. The fraction of sp³-hybridized carbons (Fsp3) is 0.286. The lowest BCUT2D eigenvalue weighted by atomic mass is 10.0. The van der Waals surface area contributed by atoms with Crippen molar-refractivity contribution in [3.8, 4) is 5.75 Å². The molecular formula is C28H28BrCl3N2O3. The molecule has 0 fully saturated rings. The van der Waals surface area contributed by atoms with E-state index in [0.717, 1.165) is 5.56 Å². The molecule has 0 aliphatic carbocycles. The van der Waals surface area contributed by atoms with Gasteiger partial charge in [-0.15, -0.1) is 0 Å². The maximum absolute atomic E-state index is 13.7. The number of carbonyl (C=O) groups is 2. The molecule has 9 heteroatoms. The SMILES string of the molecule is CC(C)CNC(=O)[C@@H](Cc1ccccc1)N(Cc1c(Cl)cccc1Cl)C(=O)COc1ccc(Cl)cc1Br. The molecule has 0 heterocycles. The second-order valence-electron chi connectivity index (χ2n) is 8.93. The maximum atomic E-state index is 13.7. The third kappa shape index (κ3) is 8.64. The van der Waals surface area contributed by atoms with Crippen molar-refractivity contribution in [2.75, 3.05) is 13.2 Å². The van der Waals surface area contributed by atoms with Gasteiger partial charge in [-0.2, -0.15) is 0 Å². The summed E-state index contributed by atoms with van der Waals surface area (Å²) in [5.74, 6) is 0.0478. The lowest BCUT2D eigenvalue weighted by molar-refractivity contribution is -0.142. The molecular weight excluding hydrogens is 599 g/mol. The van der Waals surface area contributed by atoms with Crippen molar-refractivity contribution >= 4 is 62.5 Å². The summed E-state index contributed by atoms with van der Waals surface area (Å²) in [4.78, 5) is 28.7.